The summed E-state index contributed by atoms with van der Waals surface area (Å²) >= 11 is 5.75. The molecule has 1 heterocycles. The van der Waals surface area contributed by atoms with E-state index in [0.29, 0.717) is 23.7 Å². The Hall–Kier alpha value is -1.52. The number of ether oxygens (including phenoxy) is 1. The van der Waals surface area contributed by atoms with E-state index in [9.17, 15) is 4.79 Å². The molecule has 2 rings (SSSR count). The van der Waals surface area contributed by atoms with Crippen molar-refractivity contribution in [3.63, 3.8) is 0 Å². The molecule has 1 aliphatic rings. The van der Waals surface area contributed by atoms with Crippen LogP contribution in [0.25, 0.3) is 0 Å². The Morgan fingerprint density at radius 2 is 2.18 bits per heavy atom. The van der Waals surface area contributed by atoms with E-state index in [0.717, 1.165) is 5.56 Å². The second-order valence-corrected chi connectivity index (χ2v) is 4.00. The predicted octanol–water partition coefficient (Wildman–Crippen LogP) is 2.19. The predicted molar refractivity (Wildman–Crippen MR) is 63.0 cm³/mol. The zero-order valence-electron chi connectivity index (χ0n) is 9.11. The first kappa shape index (κ1) is 12.0. The Morgan fingerprint density at radius 1 is 1.41 bits per heavy atom. The summed E-state index contributed by atoms with van der Waals surface area (Å²) in [5.74, 6) is -0.417. The second kappa shape index (κ2) is 5.70. The minimum absolute atomic E-state index is 0.217. The van der Waals surface area contributed by atoms with E-state index in [1.54, 1.807) is 18.2 Å². The highest BCUT2D eigenvalue weighted by Crippen LogP contribution is 2.11. The third-order valence-electron chi connectivity index (χ3n) is 2.25. The normalized spacial score (nSPS) is 14.8. The lowest BCUT2D eigenvalue weighted by molar-refractivity contribution is -0.142. The zero-order valence-corrected chi connectivity index (χ0v) is 9.87. The molecule has 0 aliphatic carbocycles. The molecule has 0 radical (unpaired) electrons. The Kier molecular flexibility index (Phi) is 4.01. The van der Waals surface area contributed by atoms with Gasteiger partial charge in [-0.1, -0.05) is 23.7 Å². The summed E-state index contributed by atoms with van der Waals surface area (Å²) in [4.78, 5) is 16.5. The van der Waals surface area contributed by atoms with Gasteiger partial charge in [-0.15, -0.1) is 0 Å². The van der Waals surface area contributed by atoms with E-state index in [-0.39, 0.29) is 6.61 Å². The van der Waals surface area contributed by atoms with Gasteiger partial charge in [0.1, 0.15) is 12.3 Å². The lowest BCUT2D eigenvalue weighted by Crippen LogP contribution is -2.26. The summed E-state index contributed by atoms with van der Waals surface area (Å²) in [5, 5.41) is 0.658. The molecular weight excluding hydrogens is 242 g/mol. The molecule has 90 valence electrons. The fourth-order valence-corrected chi connectivity index (χ4v) is 1.49. The molecule has 0 amide bonds. The van der Waals surface area contributed by atoms with Gasteiger partial charge in [-0.25, -0.2) is 4.79 Å². The number of carbonyl (C=O) groups excluding carboxylic acids is 1. The number of esters is 1. The van der Waals surface area contributed by atoms with Crippen molar-refractivity contribution in [2.24, 2.45) is 0 Å². The van der Waals surface area contributed by atoms with Crippen LogP contribution in [0.3, 0.4) is 0 Å². The molecule has 0 aromatic heterocycles. The SMILES string of the molecule is O=C(OCc1ccc(Cl)cc1)C1=CCCON1. The van der Waals surface area contributed by atoms with E-state index < -0.39 is 5.97 Å². The Labute approximate surface area is 104 Å². The quantitative estimate of drug-likeness (QED) is 0.839. The van der Waals surface area contributed by atoms with Gasteiger partial charge in [0, 0.05) is 5.02 Å². The highest BCUT2D eigenvalue weighted by Gasteiger charge is 2.13. The van der Waals surface area contributed by atoms with Gasteiger partial charge >= 0.3 is 5.97 Å². The Morgan fingerprint density at radius 3 is 2.82 bits per heavy atom. The van der Waals surface area contributed by atoms with Crippen LogP contribution < -0.4 is 5.48 Å². The molecule has 1 aliphatic heterocycles. The van der Waals surface area contributed by atoms with Crippen molar-refractivity contribution in [2.75, 3.05) is 6.61 Å². The molecule has 0 bridgehead atoms. The van der Waals surface area contributed by atoms with Crippen LogP contribution in [0.1, 0.15) is 12.0 Å². The van der Waals surface area contributed by atoms with E-state index in [1.165, 1.54) is 0 Å². The number of carbonyl (C=O) groups is 1. The first-order valence-electron chi connectivity index (χ1n) is 5.25. The van der Waals surface area contributed by atoms with Crippen LogP contribution in [0.4, 0.5) is 0 Å². The number of halogens is 1. The van der Waals surface area contributed by atoms with Gasteiger partial charge in [0.25, 0.3) is 0 Å². The molecule has 1 aromatic carbocycles. The van der Waals surface area contributed by atoms with Gasteiger partial charge in [0.2, 0.25) is 0 Å². The van der Waals surface area contributed by atoms with E-state index in [1.807, 2.05) is 12.1 Å². The molecule has 5 heteroatoms. The number of hydroxylamine groups is 1. The topological polar surface area (TPSA) is 47.6 Å². The smallest absolute Gasteiger partial charge is 0.356 e. The maximum absolute atomic E-state index is 11.6. The summed E-state index contributed by atoms with van der Waals surface area (Å²) in [7, 11) is 0. The maximum atomic E-state index is 11.6. The molecule has 0 spiro atoms. The maximum Gasteiger partial charge on any atom is 0.356 e. The molecule has 0 saturated heterocycles. The summed E-state index contributed by atoms with van der Waals surface area (Å²) in [5.41, 5.74) is 3.77. The van der Waals surface area contributed by atoms with Crippen LogP contribution in [0, 0.1) is 0 Å². The Bertz CT molecular complexity index is 428. The first-order chi connectivity index (χ1) is 8.25. The van der Waals surface area contributed by atoms with Crippen LogP contribution in [-0.4, -0.2) is 12.6 Å². The van der Waals surface area contributed by atoms with Gasteiger partial charge in [0.15, 0.2) is 0 Å². The van der Waals surface area contributed by atoms with Crippen LogP contribution >= 0.6 is 11.6 Å². The van der Waals surface area contributed by atoms with Crippen molar-refractivity contribution >= 4 is 17.6 Å². The number of hydrogen-bond acceptors (Lipinski definition) is 4. The van der Waals surface area contributed by atoms with Gasteiger partial charge in [0.05, 0.1) is 6.61 Å². The molecule has 0 fully saturated rings. The molecular formula is C12H12ClNO3. The van der Waals surface area contributed by atoms with Gasteiger partial charge in [-0.05, 0) is 30.2 Å². The second-order valence-electron chi connectivity index (χ2n) is 3.56. The largest absolute Gasteiger partial charge is 0.456 e. The molecule has 1 aromatic rings. The lowest BCUT2D eigenvalue weighted by atomic mass is 10.2. The number of hydrogen-bond donors (Lipinski definition) is 1. The molecule has 0 saturated carbocycles. The fraction of sp³-hybridized carbons (Fsp3) is 0.250. The third-order valence-corrected chi connectivity index (χ3v) is 2.51. The highest BCUT2D eigenvalue weighted by molar-refractivity contribution is 6.30. The highest BCUT2D eigenvalue weighted by atomic mass is 35.5. The third kappa shape index (κ3) is 3.47. The fourth-order valence-electron chi connectivity index (χ4n) is 1.36. The zero-order chi connectivity index (χ0) is 12.1. The van der Waals surface area contributed by atoms with E-state index >= 15 is 0 Å². The average Bonchev–Trinajstić information content (AvgIpc) is 2.39. The van der Waals surface area contributed by atoms with Crippen molar-refractivity contribution in [3.05, 3.63) is 46.6 Å². The number of rotatable bonds is 3. The summed E-state index contributed by atoms with van der Waals surface area (Å²) in [6, 6.07) is 7.14. The van der Waals surface area contributed by atoms with Gasteiger partial charge < -0.3 is 4.74 Å². The molecule has 4 nitrogen and oxygen atoms in total. The molecule has 1 N–H and O–H groups in total. The average molecular weight is 254 g/mol. The van der Waals surface area contributed by atoms with Crippen LogP contribution in [0.2, 0.25) is 5.02 Å². The van der Waals surface area contributed by atoms with Crippen molar-refractivity contribution in [1.82, 2.24) is 5.48 Å². The minimum atomic E-state index is -0.417. The number of benzene rings is 1. The van der Waals surface area contributed by atoms with E-state index in [4.69, 9.17) is 21.2 Å². The Balaban J connectivity index is 1.87. The molecule has 17 heavy (non-hydrogen) atoms. The summed E-state index contributed by atoms with van der Waals surface area (Å²) in [6.45, 7) is 0.781. The minimum Gasteiger partial charge on any atom is -0.456 e. The van der Waals surface area contributed by atoms with Crippen LogP contribution in [0.5, 0.6) is 0 Å². The first-order valence-corrected chi connectivity index (χ1v) is 5.63. The van der Waals surface area contributed by atoms with Gasteiger partial charge in [-0.3, -0.25) is 10.3 Å². The van der Waals surface area contributed by atoms with Crippen LogP contribution in [-0.2, 0) is 21.0 Å². The van der Waals surface area contributed by atoms with Crippen molar-refractivity contribution in [3.8, 4) is 0 Å². The molecule has 0 unspecified atom stereocenters. The van der Waals surface area contributed by atoms with Crippen molar-refractivity contribution in [1.29, 1.82) is 0 Å². The van der Waals surface area contributed by atoms with Crippen molar-refractivity contribution in [2.45, 2.75) is 13.0 Å². The monoisotopic (exact) mass is 253 g/mol. The van der Waals surface area contributed by atoms with Gasteiger partial charge in [-0.2, -0.15) is 0 Å². The standard InChI is InChI=1S/C12H12ClNO3/c13-10-5-3-9(4-6-10)8-16-12(15)11-2-1-7-17-14-11/h2-6,14H,1,7-8H2. The number of nitrogens with one attached hydrogen (secondary N) is 1. The van der Waals surface area contributed by atoms with E-state index in [2.05, 4.69) is 5.48 Å². The lowest BCUT2D eigenvalue weighted by Gasteiger charge is -2.14. The summed E-state index contributed by atoms with van der Waals surface area (Å²) in [6.07, 6.45) is 2.46. The van der Waals surface area contributed by atoms with Crippen molar-refractivity contribution < 1.29 is 14.4 Å². The summed E-state index contributed by atoms with van der Waals surface area (Å²) < 4.78 is 5.11. The van der Waals surface area contributed by atoms with Crippen LogP contribution in [0.15, 0.2) is 36.0 Å². The molecule has 0 atom stereocenters.